The summed E-state index contributed by atoms with van der Waals surface area (Å²) in [4.78, 5) is 20.7. The van der Waals surface area contributed by atoms with Gasteiger partial charge in [0, 0.05) is 22.6 Å². The zero-order valence-electron chi connectivity index (χ0n) is 11.8. The Morgan fingerprint density at radius 1 is 1.30 bits per heavy atom. The summed E-state index contributed by atoms with van der Waals surface area (Å²) < 4.78 is 0. The van der Waals surface area contributed by atoms with Gasteiger partial charge in [0.1, 0.15) is 5.69 Å². The smallest absolute Gasteiger partial charge is 0.276 e. The topological polar surface area (TPSA) is 80.9 Å². The summed E-state index contributed by atoms with van der Waals surface area (Å²) in [6, 6.07) is 0. The Morgan fingerprint density at radius 2 is 2.05 bits per heavy atom. The number of nitrogens with one attached hydrogen (secondary N) is 1. The highest BCUT2D eigenvalue weighted by molar-refractivity contribution is 7.14. The van der Waals surface area contributed by atoms with E-state index in [0.29, 0.717) is 23.8 Å². The highest BCUT2D eigenvalue weighted by Crippen LogP contribution is 2.26. The lowest BCUT2D eigenvalue weighted by Gasteiger charge is -2.14. The molecule has 2 aromatic rings. The number of hydrogen-bond donors (Lipinski definition) is 2. The Labute approximate surface area is 126 Å². The molecule has 0 radical (unpaired) electrons. The lowest BCUT2D eigenvalue weighted by molar-refractivity contribution is 0.102. The highest BCUT2D eigenvalue weighted by atomic mass is 32.1. The second-order valence-corrected chi connectivity index (χ2v) is 7.21. The average molecular weight is 310 g/mol. The number of hydrogen-bond acceptors (Lipinski definition) is 6. The molecular formula is C13H18N4OS2. The minimum absolute atomic E-state index is 0.0194. The minimum atomic E-state index is -0.223. The molecule has 0 fully saturated rings. The van der Waals surface area contributed by atoms with Crippen LogP contribution in [0.3, 0.4) is 0 Å². The minimum Gasteiger partial charge on any atom is -0.330 e. The van der Waals surface area contributed by atoms with Crippen LogP contribution in [-0.2, 0) is 11.8 Å². The molecular weight excluding hydrogens is 292 g/mol. The molecule has 0 bridgehead atoms. The number of nitrogens with two attached hydrogens (primary N) is 1. The van der Waals surface area contributed by atoms with E-state index in [9.17, 15) is 4.79 Å². The lowest BCUT2D eigenvalue weighted by atomic mass is 9.93. The van der Waals surface area contributed by atoms with Crippen molar-refractivity contribution in [2.75, 3.05) is 11.9 Å². The van der Waals surface area contributed by atoms with Gasteiger partial charge in [-0.05, 0) is 6.54 Å². The SMILES string of the molecule is CC(C)(C)c1csc(NC(=O)c2csc(CCN)n2)n1. The van der Waals surface area contributed by atoms with Gasteiger partial charge >= 0.3 is 0 Å². The van der Waals surface area contributed by atoms with Crippen molar-refractivity contribution in [3.05, 3.63) is 27.2 Å². The van der Waals surface area contributed by atoms with E-state index in [4.69, 9.17) is 5.73 Å². The fraction of sp³-hybridized carbons (Fsp3) is 0.462. The number of nitrogens with zero attached hydrogens (tertiary/aromatic N) is 2. The molecule has 5 nitrogen and oxygen atoms in total. The Kier molecular flexibility index (Phi) is 4.52. The third-order valence-electron chi connectivity index (χ3n) is 2.64. The molecule has 0 atom stereocenters. The van der Waals surface area contributed by atoms with Gasteiger partial charge in [0.05, 0.1) is 10.7 Å². The monoisotopic (exact) mass is 310 g/mol. The largest absolute Gasteiger partial charge is 0.330 e. The van der Waals surface area contributed by atoms with Crippen LogP contribution in [-0.4, -0.2) is 22.4 Å². The molecule has 0 aliphatic carbocycles. The molecule has 0 saturated carbocycles. The summed E-state index contributed by atoms with van der Waals surface area (Å²) in [7, 11) is 0. The van der Waals surface area contributed by atoms with Gasteiger partial charge in [-0.3, -0.25) is 10.1 Å². The molecule has 0 saturated heterocycles. The molecule has 108 valence electrons. The third kappa shape index (κ3) is 3.62. The molecule has 0 aliphatic rings. The lowest BCUT2D eigenvalue weighted by Crippen LogP contribution is -2.14. The van der Waals surface area contributed by atoms with Gasteiger partial charge in [-0.25, -0.2) is 9.97 Å². The standard InChI is InChI=1S/C13H18N4OS2/c1-13(2,3)9-7-20-12(16-9)17-11(18)8-6-19-10(15-8)4-5-14/h6-7H,4-5,14H2,1-3H3,(H,16,17,18). The number of aromatic nitrogens is 2. The van der Waals surface area contributed by atoms with E-state index < -0.39 is 0 Å². The van der Waals surface area contributed by atoms with Crippen LogP contribution < -0.4 is 11.1 Å². The Morgan fingerprint density at radius 3 is 2.65 bits per heavy atom. The quantitative estimate of drug-likeness (QED) is 0.909. The summed E-state index contributed by atoms with van der Waals surface area (Å²) in [6.07, 6.45) is 0.698. The van der Waals surface area contributed by atoms with Crippen molar-refractivity contribution in [2.45, 2.75) is 32.6 Å². The van der Waals surface area contributed by atoms with Crippen molar-refractivity contribution < 1.29 is 4.79 Å². The van der Waals surface area contributed by atoms with Crippen LogP contribution in [0.1, 0.15) is 42.0 Å². The third-order valence-corrected chi connectivity index (χ3v) is 4.30. The molecule has 0 aliphatic heterocycles. The molecule has 0 aromatic carbocycles. The van der Waals surface area contributed by atoms with Gasteiger partial charge in [0.2, 0.25) is 0 Å². The number of anilines is 1. The fourth-order valence-electron chi connectivity index (χ4n) is 1.49. The van der Waals surface area contributed by atoms with E-state index >= 15 is 0 Å². The summed E-state index contributed by atoms with van der Waals surface area (Å²) in [6.45, 7) is 6.81. The van der Waals surface area contributed by atoms with Crippen LogP contribution >= 0.6 is 22.7 Å². The Balaban J connectivity index is 2.05. The maximum atomic E-state index is 12.1. The van der Waals surface area contributed by atoms with Gasteiger partial charge in [-0.2, -0.15) is 0 Å². The molecule has 7 heteroatoms. The van der Waals surface area contributed by atoms with E-state index in [0.717, 1.165) is 10.7 Å². The molecule has 2 rings (SSSR count). The van der Waals surface area contributed by atoms with E-state index in [-0.39, 0.29) is 11.3 Å². The van der Waals surface area contributed by atoms with Crippen molar-refractivity contribution in [3.63, 3.8) is 0 Å². The zero-order chi connectivity index (χ0) is 14.8. The average Bonchev–Trinajstić information content (AvgIpc) is 2.97. The fourth-order valence-corrected chi connectivity index (χ4v) is 3.22. The number of rotatable bonds is 4. The second kappa shape index (κ2) is 5.99. The van der Waals surface area contributed by atoms with Crippen LogP contribution in [0.25, 0.3) is 0 Å². The molecule has 20 heavy (non-hydrogen) atoms. The molecule has 2 heterocycles. The normalized spacial score (nSPS) is 11.6. The van der Waals surface area contributed by atoms with Crippen molar-refractivity contribution in [1.29, 1.82) is 0 Å². The summed E-state index contributed by atoms with van der Waals surface area (Å²) in [5.41, 5.74) is 6.85. The van der Waals surface area contributed by atoms with E-state index in [1.165, 1.54) is 22.7 Å². The molecule has 2 aromatic heterocycles. The number of carbonyl (C=O) groups excluding carboxylic acids is 1. The van der Waals surface area contributed by atoms with Crippen LogP contribution in [0.2, 0.25) is 0 Å². The second-order valence-electron chi connectivity index (χ2n) is 5.41. The van der Waals surface area contributed by atoms with Gasteiger partial charge in [0.25, 0.3) is 5.91 Å². The molecule has 3 N–H and O–H groups in total. The van der Waals surface area contributed by atoms with E-state index in [1.807, 2.05) is 5.38 Å². The number of amides is 1. The highest BCUT2D eigenvalue weighted by Gasteiger charge is 2.19. The molecule has 0 spiro atoms. The predicted octanol–water partition coefficient (Wildman–Crippen LogP) is 2.65. The first-order valence-corrected chi connectivity index (χ1v) is 8.08. The van der Waals surface area contributed by atoms with Crippen LogP contribution in [0.5, 0.6) is 0 Å². The molecule has 0 unspecified atom stereocenters. The summed E-state index contributed by atoms with van der Waals surface area (Å²) in [5, 5.41) is 7.99. The van der Waals surface area contributed by atoms with Gasteiger partial charge in [0.15, 0.2) is 5.13 Å². The van der Waals surface area contributed by atoms with Gasteiger partial charge in [-0.1, -0.05) is 20.8 Å². The maximum Gasteiger partial charge on any atom is 0.276 e. The van der Waals surface area contributed by atoms with Crippen molar-refractivity contribution in [3.8, 4) is 0 Å². The van der Waals surface area contributed by atoms with Crippen LogP contribution in [0.15, 0.2) is 10.8 Å². The zero-order valence-corrected chi connectivity index (χ0v) is 13.4. The maximum absolute atomic E-state index is 12.1. The number of thiazole rings is 2. The summed E-state index contributed by atoms with van der Waals surface area (Å²) in [5.74, 6) is -0.223. The Hall–Kier alpha value is -1.31. The Bertz CT molecular complexity index is 598. The van der Waals surface area contributed by atoms with E-state index in [1.54, 1.807) is 5.38 Å². The molecule has 1 amide bonds. The van der Waals surface area contributed by atoms with Gasteiger partial charge in [-0.15, -0.1) is 22.7 Å². The van der Waals surface area contributed by atoms with Crippen LogP contribution in [0, 0.1) is 0 Å². The first-order valence-electron chi connectivity index (χ1n) is 6.32. The van der Waals surface area contributed by atoms with Gasteiger partial charge < -0.3 is 5.73 Å². The predicted molar refractivity (Wildman–Crippen MR) is 83.6 cm³/mol. The van der Waals surface area contributed by atoms with E-state index in [2.05, 4.69) is 36.1 Å². The van der Waals surface area contributed by atoms with Crippen molar-refractivity contribution in [1.82, 2.24) is 9.97 Å². The van der Waals surface area contributed by atoms with Crippen molar-refractivity contribution in [2.24, 2.45) is 5.73 Å². The number of carbonyl (C=O) groups is 1. The van der Waals surface area contributed by atoms with Crippen LogP contribution in [0.4, 0.5) is 5.13 Å². The summed E-state index contributed by atoms with van der Waals surface area (Å²) >= 11 is 2.88. The first kappa shape index (κ1) is 15.1. The van der Waals surface area contributed by atoms with Crippen molar-refractivity contribution >= 4 is 33.7 Å². The first-order chi connectivity index (χ1) is 9.40.